The van der Waals surface area contributed by atoms with Crippen molar-refractivity contribution in [3.05, 3.63) is 29.8 Å². The number of anilines is 1. The number of carbonyl (C=O) groups excluding carboxylic acids is 1. The highest BCUT2D eigenvalue weighted by Gasteiger charge is 2.34. The van der Waals surface area contributed by atoms with Crippen molar-refractivity contribution in [2.45, 2.75) is 37.6 Å². The average molecular weight is 288 g/mol. The van der Waals surface area contributed by atoms with Gasteiger partial charge in [0.1, 0.15) is 6.10 Å². The molecule has 7 heteroatoms. The van der Waals surface area contributed by atoms with Gasteiger partial charge in [-0.1, -0.05) is 12.1 Å². The zero-order valence-corrected chi connectivity index (χ0v) is 10.6. The van der Waals surface area contributed by atoms with E-state index >= 15 is 0 Å². The summed E-state index contributed by atoms with van der Waals surface area (Å²) in [5.74, 6) is 0. The van der Waals surface area contributed by atoms with Gasteiger partial charge in [0, 0.05) is 6.04 Å². The summed E-state index contributed by atoms with van der Waals surface area (Å²) in [6.45, 7) is 0. The van der Waals surface area contributed by atoms with Crippen LogP contribution in [-0.4, -0.2) is 18.2 Å². The second-order valence-electron chi connectivity index (χ2n) is 4.71. The number of amides is 1. The zero-order chi connectivity index (χ0) is 14.8. The lowest BCUT2D eigenvalue weighted by molar-refractivity contribution is -0.136. The van der Waals surface area contributed by atoms with Gasteiger partial charge in [0.05, 0.1) is 11.3 Å². The number of hydrogen-bond acceptors (Lipinski definition) is 3. The lowest BCUT2D eigenvalue weighted by Crippen LogP contribution is -2.34. The average Bonchev–Trinajstić information content (AvgIpc) is 2.74. The highest BCUT2D eigenvalue weighted by atomic mass is 19.4. The Hall–Kier alpha value is -1.76. The van der Waals surface area contributed by atoms with Crippen LogP contribution in [0.1, 0.15) is 24.8 Å². The van der Waals surface area contributed by atoms with Crippen LogP contribution in [0.2, 0.25) is 0 Å². The minimum Gasteiger partial charge on any atom is -0.444 e. The summed E-state index contributed by atoms with van der Waals surface area (Å²) in [5.41, 5.74) is 4.50. The van der Waals surface area contributed by atoms with Gasteiger partial charge in [-0.15, -0.1) is 0 Å². The molecule has 0 saturated heterocycles. The minimum absolute atomic E-state index is 0.251. The molecule has 1 aromatic rings. The molecule has 1 saturated carbocycles. The molecular formula is C13H15F3N2O2. The lowest BCUT2D eigenvalue weighted by atomic mass is 10.1. The summed E-state index contributed by atoms with van der Waals surface area (Å²) in [7, 11) is 0. The monoisotopic (exact) mass is 288 g/mol. The Labute approximate surface area is 114 Å². The molecule has 1 fully saturated rings. The van der Waals surface area contributed by atoms with E-state index in [0.29, 0.717) is 6.42 Å². The van der Waals surface area contributed by atoms with E-state index in [0.717, 1.165) is 18.9 Å². The zero-order valence-electron chi connectivity index (χ0n) is 10.6. The molecule has 2 unspecified atom stereocenters. The second kappa shape index (κ2) is 5.70. The number of rotatable bonds is 2. The van der Waals surface area contributed by atoms with Crippen molar-refractivity contribution in [3.63, 3.8) is 0 Å². The van der Waals surface area contributed by atoms with Crippen LogP contribution in [0.15, 0.2) is 24.3 Å². The molecule has 1 amide bonds. The van der Waals surface area contributed by atoms with E-state index in [1.54, 1.807) is 0 Å². The summed E-state index contributed by atoms with van der Waals surface area (Å²) in [4.78, 5) is 11.6. The molecule has 0 heterocycles. The third-order valence-corrected chi connectivity index (χ3v) is 3.23. The van der Waals surface area contributed by atoms with E-state index in [-0.39, 0.29) is 11.7 Å². The van der Waals surface area contributed by atoms with Crippen LogP contribution in [-0.2, 0) is 10.9 Å². The molecule has 110 valence electrons. The van der Waals surface area contributed by atoms with E-state index < -0.39 is 23.9 Å². The van der Waals surface area contributed by atoms with Crippen LogP contribution < -0.4 is 11.1 Å². The van der Waals surface area contributed by atoms with Gasteiger partial charge in [0.15, 0.2) is 0 Å². The molecule has 0 aliphatic heterocycles. The first-order chi connectivity index (χ1) is 9.38. The molecule has 0 aromatic heterocycles. The first-order valence-electron chi connectivity index (χ1n) is 6.27. The van der Waals surface area contributed by atoms with Crippen LogP contribution in [0.3, 0.4) is 0 Å². The van der Waals surface area contributed by atoms with E-state index in [4.69, 9.17) is 10.5 Å². The maximum atomic E-state index is 12.8. The van der Waals surface area contributed by atoms with Crippen LogP contribution in [0.5, 0.6) is 0 Å². The standard InChI is InChI=1S/C13H15F3N2O2/c14-13(15,16)8-4-1-2-6-10(8)18-12(19)20-11-7-3-5-9(11)17/h1-2,4,6,9,11H,3,5,7,17H2,(H,18,19). The van der Waals surface area contributed by atoms with Crippen LogP contribution in [0.25, 0.3) is 0 Å². The number of nitrogens with two attached hydrogens (primary N) is 1. The van der Waals surface area contributed by atoms with Gasteiger partial charge in [-0.05, 0) is 31.4 Å². The normalized spacial score (nSPS) is 22.6. The molecule has 20 heavy (non-hydrogen) atoms. The number of benzene rings is 1. The highest BCUT2D eigenvalue weighted by molar-refractivity contribution is 5.86. The van der Waals surface area contributed by atoms with Crippen molar-refractivity contribution in [1.82, 2.24) is 0 Å². The molecule has 1 aliphatic rings. The van der Waals surface area contributed by atoms with E-state index in [2.05, 4.69) is 5.32 Å². The number of halogens is 3. The smallest absolute Gasteiger partial charge is 0.418 e. The number of nitrogens with one attached hydrogen (secondary N) is 1. The van der Waals surface area contributed by atoms with Crippen LogP contribution >= 0.6 is 0 Å². The van der Waals surface area contributed by atoms with E-state index in [9.17, 15) is 18.0 Å². The van der Waals surface area contributed by atoms with Crippen molar-refractivity contribution in [2.75, 3.05) is 5.32 Å². The number of alkyl halides is 3. The topological polar surface area (TPSA) is 64.3 Å². The summed E-state index contributed by atoms with van der Waals surface area (Å²) in [6.07, 6.45) is -3.66. The maximum Gasteiger partial charge on any atom is 0.418 e. The predicted octanol–water partition coefficient (Wildman–Crippen LogP) is 3.13. The second-order valence-corrected chi connectivity index (χ2v) is 4.71. The molecule has 1 aliphatic carbocycles. The Morgan fingerprint density at radius 1 is 1.30 bits per heavy atom. The first kappa shape index (κ1) is 14.6. The van der Waals surface area contributed by atoms with Crippen molar-refractivity contribution in [3.8, 4) is 0 Å². The molecule has 2 atom stereocenters. The first-order valence-corrected chi connectivity index (χ1v) is 6.27. The summed E-state index contributed by atoms with van der Waals surface area (Å²) < 4.78 is 43.3. The van der Waals surface area contributed by atoms with Gasteiger partial charge < -0.3 is 10.5 Å². The number of carbonyl (C=O) groups is 1. The molecule has 1 aromatic carbocycles. The Morgan fingerprint density at radius 2 is 2.00 bits per heavy atom. The molecule has 0 spiro atoms. The number of para-hydroxylation sites is 1. The fourth-order valence-electron chi connectivity index (χ4n) is 2.22. The third-order valence-electron chi connectivity index (χ3n) is 3.23. The van der Waals surface area contributed by atoms with E-state index in [1.807, 2.05) is 0 Å². The van der Waals surface area contributed by atoms with E-state index in [1.165, 1.54) is 18.2 Å². The molecule has 0 bridgehead atoms. The number of ether oxygens (including phenoxy) is 1. The Bertz CT molecular complexity index is 491. The summed E-state index contributed by atoms with van der Waals surface area (Å²) in [5, 5.41) is 2.13. The van der Waals surface area contributed by atoms with Crippen molar-refractivity contribution in [1.29, 1.82) is 0 Å². The van der Waals surface area contributed by atoms with Gasteiger partial charge in [-0.25, -0.2) is 4.79 Å². The summed E-state index contributed by atoms with van der Waals surface area (Å²) >= 11 is 0. The Morgan fingerprint density at radius 3 is 2.60 bits per heavy atom. The van der Waals surface area contributed by atoms with Gasteiger partial charge in [0.25, 0.3) is 0 Å². The maximum absolute atomic E-state index is 12.8. The van der Waals surface area contributed by atoms with Gasteiger partial charge in [0.2, 0.25) is 0 Å². The largest absolute Gasteiger partial charge is 0.444 e. The quantitative estimate of drug-likeness (QED) is 0.878. The Kier molecular flexibility index (Phi) is 4.17. The lowest BCUT2D eigenvalue weighted by Gasteiger charge is -2.18. The third kappa shape index (κ3) is 3.41. The fraction of sp³-hybridized carbons (Fsp3) is 0.462. The molecule has 0 radical (unpaired) electrons. The molecule has 4 nitrogen and oxygen atoms in total. The molecule has 2 rings (SSSR count). The van der Waals surface area contributed by atoms with Crippen molar-refractivity contribution < 1.29 is 22.7 Å². The molecular weight excluding hydrogens is 273 g/mol. The summed E-state index contributed by atoms with van der Waals surface area (Å²) in [6, 6.07) is 4.49. The molecule has 3 N–H and O–H groups in total. The van der Waals surface area contributed by atoms with Gasteiger partial charge in [-0.3, -0.25) is 5.32 Å². The minimum atomic E-state index is -4.53. The van der Waals surface area contributed by atoms with Crippen molar-refractivity contribution in [2.24, 2.45) is 5.73 Å². The van der Waals surface area contributed by atoms with Crippen LogP contribution in [0, 0.1) is 0 Å². The van der Waals surface area contributed by atoms with Crippen molar-refractivity contribution >= 4 is 11.8 Å². The fourth-order valence-corrected chi connectivity index (χ4v) is 2.22. The van der Waals surface area contributed by atoms with Gasteiger partial charge in [-0.2, -0.15) is 13.2 Å². The van der Waals surface area contributed by atoms with Gasteiger partial charge >= 0.3 is 12.3 Å². The highest BCUT2D eigenvalue weighted by Crippen LogP contribution is 2.34. The SMILES string of the molecule is NC1CCCC1OC(=O)Nc1ccccc1C(F)(F)F. The van der Waals surface area contributed by atoms with Crippen LogP contribution in [0.4, 0.5) is 23.7 Å². The predicted molar refractivity (Wildman–Crippen MR) is 67.2 cm³/mol. The Balaban J connectivity index is 2.04. The number of hydrogen-bond donors (Lipinski definition) is 2.